The second-order valence-corrected chi connectivity index (χ2v) is 4.85. The van der Waals surface area contributed by atoms with E-state index < -0.39 is 0 Å². The Morgan fingerprint density at radius 1 is 1.31 bits per heavy atom. The molecule has 3 nitrogen and oxygen atoms in total. The van der Waals surface area contributed by atoms with E-state index in [0.29, 0.717) is 0 Å². The summed E-state index contributed by atoms with van der Waals surface area (Å²) in [6, 6.07) is 2.12. The molecule has 0 amide bonds. The van der Waals surface area contributed by atoms with E-state index in [2.05, 4.69) is 41.4 Å². The second-order valence-electron chi connectivity index (χ2n) is 4.07. The molecule has 0 aromatic carbocycles. The zero-order chi connectivity index (χ0) is 9.47. The van der Waals surface area contributed by atoms with Crippen LogP contribution in [-0.2, 0) is 5.41 Å². The van der Waals surface area contributed by atoms with Crippen LogP contribution in [0.15, 0.2) is 12.3 Å². The van der Waals surface area contributed by atoms with Gasteiger partial charge in [0.1, 0.15) is 0 Å². The van der Waals surface area contributed by atoms with Gasteiger partial charge in [-0.1, -0.05) is 25.3 Å². The first-order chi connectivity index (χ1) is 6.07. The van der Waals surface area contributed by atoms with Gasteiger partial charge in [0.15, 0.2) is 5.65 Å². The Kier molecular flexibility index (Phi) is 1.80. The van der Waals surface area contributed by atoms with E-state index in [4.69, 9.17) is 0 Å². The fourth-order valence-corrected chi connectivity index (χ4v) is 1.65. The first-order valence-electron chi connectivity index (χ1n) is 4.16. The highest BCUT2D eigenvalue weighted by Gasteiger charge is 2.15. The molecule has 68 valence electrons. The normalized spacial score (nSPS) is 12.2. The maximum Gasteiger partial charge on any atom is 0.194 e. The number of pyridine rings is 1. The van der Waals surface area contributed by atoms with Gasteiger partial charge in [-0.3, -0.25) is 0 Å². The number of fused-ring (bicyclic) bond motifs is 1. The number of rotatable bonds is 0. The van der Waals surface area contributed by atoms with Crippen molar-refractivity contribution >= 4 is 21.9 Å². The predicted molar refractivity (Wildman–Crippen MR) is 53.9 cm³/mol. The highest BCUT2D eigenvalue weighted by molar-refractivity contribution is 7.12. The molecule has 0 saturated carbocycles. The quantitative estimate of drug-likeness (QED) is 0.644. The summed E-state index contributed by atoms with van der Waals surface area (Å²) in [5.41, 5.74) is 2.12. The monoisotopic (exact) mass is 193 g/mol. The van der Waals surface area contributed by atoms with E-state index in [1.54, 1.807) is 0 Å². The molecule has 0 aliphatic carbocycles. The van der Waals surface area contributed by atoms with Gasteiger partial charge in [0, 0.05) is 6.20 Å². The molecule has 2 rings (SSSR count). The van der Waals surface area contributed by atoms with E-state index in [9.17, 15) is 0 Å². The molecule has 4 heteroatoms. The van der Waals surface area contributed by atoms with Crippen molar-refractivity contribution in [3.05, 3.63) is 17.8 Å². The van der Waals surface area contributed by atoms with Crippen LogP contribution < -0.4 is 0 Å². The van der Waals surface area contributed by atoms with E-state index in [0.717, 1.165) is 10.3 Å². The van der Waals surface area contributed by atoms with E-state index in [1.165, 1.54) is 17.1 Å². The minimum Gasteiger partial charge on any atom is -0.234 e. The molecule has 2 heterocycles. The highest BCUT2D eigenvalue weighted by Crippen LogP contribution is 2.24. The average Bonchev–Trinajstić information content (AvgIpc) is 2.47. The van der Waals surface area contributed by atoms with Crippen molar-refractivity contribution < 1.29 is 0 Å². The summed E-state index contributed by atoms with van der Waals surface area (Å²) in [7, 11) is 0. The van der Waals surface area contributed by atoms with Gasteiger partial charge in [-0.25, -0.2) is 4.98 Å². The van der Waals surface area contributed by atoms with Gasteiger partial charge < -0.3 is 0 Å². The SMILES string of the molecule is CC(C)(C)c1cnc2nnsc2c1. The smallest absolute Gasteiger partial charge is 0.194 e. The lowest BCUT2D eigenvalue weighted by Gasteiger charge is -2.17. The zero-order valence-electron chi connectivity index (χ0n) is 7.90. The van der Waals surface area contributed by atoms with E-state index >= 15 is 0 Å². The molecule has 0 unspecified atom stereocenters. The van der Waals surface area contributed by atoms with Crippen LogP contribution in [0, 0.1) is 0 Å². The van der Waals surface area contributed by atoms with Gasteiger partial charge in [-0.2, -0.15) is 0 Å². The van der Waals surface area contributed by atoms with Gasteiger partial charge in [0.05, 0.1) is 4.70 Å². The van der Waals surface area contributed by atoms with Crippen molar-refractivity contribution in [2.45, 2.75) is 26.2 Å². The fraction of sp³-hybridized carbons (Fsp3) is 0.444. The predicted octanol–water partition coefficient (Wildman–Crippen LogP) is 2.38. The lowest BCUT2D eigenvalue weighted by Crippen LogP contribution is -2.10. The van der Waals surface area contributed by atoms with Crippen molar-refractivity contribution in [1.29, 1.82) is 0 Å². The number of nitrogens with zero attached hydrogens (tertiary/aromatic N) is 3. The summed E-state index contributed by atoms with van der Waals surface area (Å²) >= 11 is 1.39. The van der Waals surface area contributed by atoms with Gasteiger partial charge in [0.2, 0.25) is 0 Å². The molecule has 0 spiro atoms. The molecule has 0 saturated heterocycles. The first-order valence-corrected chi connectivity index (χ1v) is 4.93. The van der Waals surface area contributed by atoms with Crippen LogP contribution in [0.5, 0.6) is 0 Å². The molecular weight excluding hydrogens is 182 g/mol. The van der Waals surface area contributed by atoms with E-state index in [-0.39, 0.29) is 5.41 Å². The topological polar surface area (TPSA) is 38.7 Å². The molecule has 0 aliphatic heterocycles. The van der Waals surface area contributed by atoms with Crippen LogP contribution in [0.2, 0.25) is 0 Å². The lowest BCUT2D eigenvalue weighted by molar-refractivity contribution is 0.589. The van der Waals surface area contributed by atoms with Crippen LogP contribution >= 0.6 is 11.5 Å². The Bertz CT molecular complexity index is 428. The van der Waals surface area contributed by atoms with Crippen LogP contribution in [0.25, 0.3) is 10.3 Å². The lowest BCUT2D eigenvalue weighted by atomic mass is 9.88. The van der Waals surface area contributed by atoms with Crippen molar-refractivity contribution in [3.8, 4) is 0 Å². The van der Waals surface area contributed by atoms with Gasteiger partial charge in [-0.05, 0) is 28.6 Å². The second kappa shape index (κ2) is 2.73. The molecule has 0 fully saturated rings. The number of hydrogen-bond donors (Lipinski definition) is 0. The Morgan fingerprint density at radius 2 is 2.08 bits per heavy atom. The Hall–Kier alpha value is -1.03. The highest BCUT2D eigenvalue weighted by atomic mass is 32.1. The van der Waals surface area contributed by atoms with Crippen molar-refractivity contribution in [1.82, 2.24) is 14.6 Å². The van der Waals surface area contributed by atoms with Crippen molar-refractivity contribution in [2.24, 2.45) is 0 Å². The van der Waals surface area contributed by atoms with E-state index in [1.807, 2.05) is 6.20 Å². The van der Waals surface area contributed by atoms with Gasteiger partial charge >= 0.3 is 0 Å². The number of hydrogen-bond acceptors (Lipinski definition) is 4. The third kappa shape index (κ3) is 1.54. The van der Waals surface area contributed by atoms with Gasteiger partial charge in [0.25, 0.3) is 0 Å². The van der Waals surface area contributed by atoms with Crippen LogP contribution in [0.1, 0.15) is 26.3 Å². The molecular formula is C9H11N3S. The summed E-state index contributed by atoms with van der Waals surface area (Å²) < 4.78 is 4.92. The number of aromatic nitrogens is 3. The summed E-state index contributed by atoms with van der Waals surface area (Å²) in [4.78, 5) is 4.24. The Balaban J connectivity index is 2.61. The molecule has 2 aromatic heterocycles. The molecule has 2 aromatic rings. The maximum atomic E-state index is 4.24. The third-order valence-corrected chi connectivity index (χ3v) is 2.63. The fourth-order valence-electron chi connectivity index (χ4n) is 1.09. The molecule has 0 N–H and O–H groups in total. The minimum atomic E-state index is 0.144. The molecule has 13 heavy (non-hydrogen) atoms. The van der Waals surface area contributed by atoms with Crippen molar-refractivity contribution in [3.63, 3.8) is 0 Å². The minimum absolute atomic E-state index is 0.144. The summed E-state index contributed by atoms with van der Waals surface area (Å²) in [5.74, 6) is 0. The summed E-state index contributed by atoms with van der Waals surface area (Å²) in [6.45, 7) is 6.51. The average molecular weight is 193 g/mol. The van der Waals surface area contributed by atoms with Crippen LogP contribution in [0.4, 0.5) is 0 Å². The summed E-state index contributed by atoms with van der Waals surface area (Å²) in [5, 5.41) is 3.90. The summed E-state index contributed by atoms with van der Waals surface area (Å²) in [6.07, 6.45) is 1.88. The zero-order valence-corrected chi connectivity index (χ0v) is 8.72. The molecule has 0 atom stereocenters. The third-order valence-electron chi connectivity index (χ3n) is 1.97. The Labute approximate surface area is 81.0 Å². The largest absolute Gasteiger partial charge is 0.234 e. The standard InChI is InChI=1S/C9H11N3S/c1-9(2,3)6-4-7-8(10-5-6)11-12-13-7/h4-5H,1-3H3. The van der Waals surface area contributed by atoms with Gasteiger partial charge in [-0.15, -0.1) is 5.10 Å². The Morgan fingerprint density at radius 3 is 2.77 bits per heavy atom. The molecule has 0 radical (unpaired) electrons. The first kappa shape index (κ1) is 8.56. The maximum absolute atomic E-state index is 4.24. The molecule has 0 aliphatic rings. The van der Waals surface area contributed by atoms with Crippen LogP contribution in [0.3, 0.4) is 0 Å². The van der Waals surface area contributed by atoms with Crippen LogP contribution in [-0.4, -0.2) is 14.6 Å². The van der Waals surface area contributed by atoms with Crippen molar-refractivity contribution in [2.75, 3.05) is 0 Å². The molecule has 0 bridgehead atoms.